The standard InChI is InChI=1S/C32H20N2O7/c1-3-19-7-5-9-21(15-19)33-29(35)25-13-11-24(18-28(25)32(39)40)41-23-12-14-26(31(37)38)27(17-23)30(36)34-22-10-6-8-20(4-2)16-22/h1-2,5-18H,(H,33,35)(H,34,36)(H,37,38)(H,39,40). The van der Waals surface area contributed by atoms with Crippen LogP contribution in [0.4, 0.5) is 11.4 Å². The van der Waals surface area contributed by atoms with E-state index in [1.807, 2.05) is 0 Å². The average Bonchev–Trinajstić information content (AvgIpc) is 2.97. The Morgan fingerprint density at radius 1 is 0.585 bits per heavy atom. The van der Waals surface area contributed by atoms with Crippen LogP contribution in [0.15, 0.2) is 84.9 Å². The van der Waals surface area contributed by atoms with Gasteiger partial charge in [-0.2, -0.15) is 0 Å². The predicted octanol–water partition coefficient (Wildman–Crippen LogP) is 5.34. The second-order valence-electron chi connectivity index (χ2n) is 8.49. The van der Waals surface area contributed by atoms with Gasteiger partial charge in [0.25, 0.3) is 11.8 Å². The van der Waals surface area contributed by atoms with Crippen molar-refractivity contribution in [3.05, 3.63) is 118 Å². The number of terminal acetylenes is 2. The third kappa shape index (κ3) is 6.58. The molecule has 9 heteroatoms. The molecule has 0 aromatic heterocycles. The van der Waals surface area contributed by atoms with Gasteiger partial charge in [0.2, 0.25) is 0 Å². The number of amides is 2. The van der Waals surface area contributed by atoms with Crippen LogP contribution in [0.1, 0.15) is 52.6 Å². The van der Waals surface area contributed by atoms with Gasteiger partial charge in [-0.1, -0.05) is 24.0 Å². The highest BCUT2D eigenvalue weighted by Gasteiger charge is 2.21. The molecule has 4 aromatic carbocycles. The molecule has 0 unspecified atom stereocenters. The monoisotopic (exact) mass is 544 g/mol. The van der Waals surface area contributed by atoms with Gasteiger partial charge in [0, 0.05) is 22.5 Å². The zero-order valence-electron chi connectivity index (χ0n) is 21.2. The zero-order chi connectivity index (χ0) is 29.5. The van der Waals surface area contributed by atoms with E-state index in [0.717, 1.165) is 6.07 Å². The largest absolute Gasteiger partial charge is 0.478 e. The van der Waals surface area contributed by atoms with Gasteiger partial charge in [-0.3, -0.25) is 9.59 Å². The summed E-state index contributed by atoms with van der Waals surface area (Å²) in [6, 6.07) is 20.5. The molecule has 0 saturated carbocycles. The van der Waals surface area contributed by atoms with Gasteiger partial charge in [-0.15, -0.1) is 12.8 Å². The summed E-state index contributed by atoms with van der Waals surface area (Å²) in [5.41, 5.74) is 0.836. The minimum absolute atomic E-state index is 0.0319. The number of ether oxygens (including phenoxy) is 1. The molecule has 4 N–H and O–H groups in total. The van der Waals surface area contributed by atoms with Gasteiger partial charge in [-0.05, 0) is 72.8 Å². The number of carbonyl (C=O) groups is 4. The maximum atomic E-state index is 13.0. The molecule has 0 atom stereocenters. The lowest BCUT2D eigenvalue weighted by Crippen LogP contribution is -2.17. The number of nitrogens with one attached hydrogen (secondary N) is 2. The molecular weight excluding hydrogens is 524 g/mol. The molecule has 0 spiro atoms. The number of carbonyl (C=O) groups excluding carboxylic acids is 2. The summed E-state index contributed by atoms with van der Waals surface area (Å²) in [7, 11) is 0. The fourth-order valence-electron chi connectivity index (χ4n) is 3.83. The number of benzene rings is 4. The number of rotatable bonds is 8. The Hall–Kier alpha value is -6.32. The molecule has 200 valence electrons. The Kier molecular flexibility index (Phi) is 8.13. The normalized spacial score (nSPS) is 10.0. The number of hydrogen-bond acceptors (Lipinski definition) is 5. The van der Waals surface area contributed by atoms with Crippen LogP contribution in [-0.2, 0) is 0 Å². The molecular formula is C32H20N2O7. The van der Waals surface area contributed by atoms with Crippen molar-refractivity contribution in [3.63, 3.8) is 0 Å². The molecule has 0 heterocycles. The van der Waals surface area contributed by atoms with Gasteiger partial charge in [0.15, 0.2) is 0 Å². The summed E-state index contributed by atoms with van der Waals surface area (Å²) in [5, 5.41) is 24.6. The maximum absolute atomic E-state index is 13.0. The van der Waals surface area contributed by atoms with Crippen molar-refractivity contribution in [1.82, 2.24) is 0 Å². The van der Waals surface area contributed by atoms with Crippen LogP contribution >= 0.6 is 0 Å². The van der Waals surface area contributed by atoms with E-state index in [1.165, 1.54) is 30.3 Å². The van der Waals surface area contributed by atoms with E-state index < -0.39 is 23.8 Å². The summed E-state index contributed by atoms with van der Waals surface area (Å²) in [6.45, 7) is 0. The van der Waals surface area contributed by atoms with Crippen molar-refractivity contribution in [2.45, 2.75) is 0 Å². The lowest BCUT2D eigenvalue weighted by Gasteiger charge is -2.13. The predicted molar refractivity (Wildman–Crippen MR) is 152 cm³/mol. The molecule has 0 aliphatic rings. The van der Waals surface area contributed by atoms with Crippen molar-refractivity contribution in [3.8, 4) is 36.2 Å². The Balaban J connectivity index is 1.60. The number of aromatic carboxylic acids is 2. The first kappa shape index (κ1) is 27.7. The summed E-state index contributed by atoms with van der Waals surface area (Å²) in [4.78, 5) is 49.6. The van der Waals surface area contributed by atoms with Crippen LogP contribution in [0.5, 0.6) is 11.5 Å². The van der Waals surface area contributed by atoms with Crippen LogP contribution in [0, 0.1) is 24.7 Å². The van der Waals surface area contributed by atoms with Crippen LogP contribution in [0.3, 0.4) is 0 Å². The van der Waals surface area contributed by atoms with E-state index in [4.69, 9.17) is 17.6 Å². The highest BCUT2D eigenvalue weighted by Crippen LogP contribution is 2.28. The van der Waals surface area contributed by atoms with E-state index in [9.17, 15) is 29.4 Å². The zero-order valence-corrected chi connectivity index (χ0v) is 21.2. The Labute approximate surface area is 234 Å². The van der Waals surface area contributed by atoms with Gasteiger partial charge in [0.1, 0.15) is 11.5 Å². The summed E-state index contributed by atoms with van der Waals surface area (Å²) >= 11 is 0. The van der Waals surface area contributed by atoms with Gasteiger partial charge >= 0.3 is 11.9 Å². The van der Waals surface area contributed by atoms with E-state index >= 15 is 0 Å². The Morgan fingerprint density at radius 2 is 1.05 bits per heavy atom. The number of anilines is 2. The molecule has 2 amide bonds. The van der Waals surface area contributed by atoms with Crippen LogP contribution in [-0.4, -0.2) is 34.0 Å². The third-order valence-electron chi connectivity index (χ3n) is 5.74. The second kappa shape index (κ2) is 12.0. The van der Waals surface area contributed by atoms with Crippen molar-refractivity contribution >= 4 is 35.1 Å². The quantitative estimate of drug-likeness (QED) is 0.219. The molecule has 0 aliphatic carbocycles. The smallest absolute Gasteiger partial charge is 0.336 e. The highest BCUT2D eigenvalue weighted by molar-refractivity contribution is 6.12. The molecule has 0 radical (unpaired) electrons. The van der Waals surface area contributed by atoms with Gasteiger partial charge in [-0.25, -0.2) is 9.59 Å². The van der Waals surface area contributed by atoms with E-state index in [-0.39, 0.29) is 33.8 Å². The maximum Gasteiger partial charge on any atom is 0.336 e. The number of hydrogen-bond donors (Lipinski definition) is 4. The third-order valence-corrected chi connectivity index (χ3v) is 5.74. The molecule has 0 aliphatic heterocycles. The summed E-state index contributed by atoms with van der Waals surface area (Å²) < 4.78 is 5.75. The lowest BCUT2D eigenvalue weighted by molar-refractivity contribution is 0.0683. The first-order valence-electron chi connectivity index (χ1n) is 11.9. The molecule has 41 heavy (non-hydrogen) atoms. The lowest BCUT2D eigenvalue weighted by atomic mass is 10.1. The van der Waals surface area contributed by atoms with E-state index in [1.54, 1.807) is 48.5 Å². The number of carboxylic acids is 2. The van der Waals surface area contributed by atoms with E-state index in [2.05, 4.69) is 22.5 Å². The molecule has 9 nitrogen and oxygen atoms in total. The molecule has 4 rings (SSSR count). The molecule has 0 fully saturated rings. The van der Waals surface area contributed by atoms with Gasteiger partial charge in [0.05, 0.1) is 22.3 Å². The van der Waals surface area contributed by atoms with Crippen LogP contribution in [0.25, 0.3) is 0 Å². The number of carboxylic acid groups (broad SMARTS) is 2. The molecule has 0 saturated heterocycles. The Morgan fingerprint density at radius 3 is 1.54 bits per heavy atom. The fourth-order valence-corrected chi connectivity index (χ4v) is 3.83. The minimum atomic E-state index is -1.38. The fraction of sp³-hybridized carbons (Fsp3) is 0. The van der Waals surface area contributed by atoms with Crippen LogP contribution in [0.2, 0.25) is 0 Å². The van der Waals surface area contributed by atoms with E-state index in [0.29, 0.717) is 22.5 Å². The first-order valence-corrected chi connectivity index (χ1v) is 11.9. The van der Waals surface area contributed by atoms with Gasteiger partial charge < -0.3 is 25.6 Å². The van der Waals surface area contributed by atoms with Crippen molar-refractivity contribution in [2.75, 3.05) is 10.6 Å². The Bertz CT molecular complexity index is 1790. The minimum Gasteiger partial charge on any atom is -0.478 e. The average molecular weight is 545 g/mol. The van der Waals surface area contributed by atoms with Crippen LogP contribution < -0.4 is 15.4 Å². The summed E-state index contributed by atoms with van der Waals surface area (Å²) in [5.74, 6) is 0.858. The first-order chi connectivity index (χ1) is 19.7. The molecule has 0 bridgehead atoms. The van der Waals surface area contributed by atoms with Crippen molar-refractivity contribution < 1.29 is 34.1 Å². The van der Waals surface area contributed by atoms with Crippen molar-refractivity contribution in [1.29, 1.82) is 0 Å². The topological polar surface area (TPSA) is 142 Å². The second-order valence-corrected chi connectivity index (χ2v) is 8.49. The summed E-state index contributed by atoms with van der Waals surface area (Å²) in [6.07, 6.45) is 10.8. The molecule has 4 aromatic rings. The van der Waals surface area contributed by atoms with Crippen molar-refractivity contribution in [2.24, 2.45) is 0 Å². The SMILES string of the molecule is C#Cc1cccc(NC(=O)c2ccc(Oc3ccc(C(=O)O)c(C(=O)Nc4cccc(C#C)c4)c3)cc2C(=O)O)c1. The highest BCUT2D eigenvalue weighted by atomic mass is 16.5.